The summed E-state index contributed by atoms with van der Waals surface area (Å²) in [5, 5.41) is 0.843. The molecule has 0 spiro atoms. The molecular formula is C16H11Cl2FO2. The van der Waals surface area contributed by atoms with Crippen LogP contribution in [0, 0.1) is 5.82 Å². The lowest BCUT2D eigenvalue weighted by atomic mass is 10.2. The van der Waals surface area contributed by atoms with E-state index in [-0.39, 0.29) is 17.2 Å². The van der Waals surface area contributed by atoms with Crippen LogP contribution in [0.5, 0.6) is 0 Å². The summed E-state index contributed by atoms with van der Waals surface area (Å²) in [7, 11) is 0. The minimum Gasteiger partial charge on any atom is -0.458 e. The quantitative estimate of drug-likeness (QED) is 0.591. The summed E-state index contributed by atoms with van der Waals surface area (Å²) >= 11 is 11.6. The molecule has 2 aromatic carbocycles. The van der Waals surface area contributed by atoms with Gasteiger partial charge in [0.2, 0.25) is 0 Å². The summed E-state index contributed by atoms with van der Waals surface area (Å²) in [6, 6.07) is 11.2. The van der Waals surface area contributed by atoms with Gasteiger partial charge in [-0.3, -0.25) is 0 Å². The summed E-state index contributed by atoms with van der Waals surface area (Å²) in [5.41, 5.74) is 0.965. The number of halogens is 3. The molecule has 0 atom stereocenters. The molecule has 0 N–H and O–H groups in total. The number of carbonyl (C=O) groups excluding carboxylic acids is 1. The van der Waals surface area contributed by atoms with Crippen molar-refractivity contribution in [3.05, 3.63) is 75.5 Å². The molecular weight excluding hydrogens is 314 g/mol. The average Bonchev–Trinajstić information content (AvgIpc) is 2.46. The Labute approximate surface area is 131 Å². The van der Waals surface area contributed by atoms with Crippen LogP contribution < -0.4 is 0 Å². The summed E-state index contributed by atoms with van der Waals surface area (Å²) in [4.78, 5) is 11.6. The van der Waals surface area contributed by atoms with Crippen molar-refractivity contribution in [3.63, 3.8) is 0 Å². The second-order valence-electron chi connectivity index (χ2n) is 4.20. The number of carbonyl (C=O) groups is 1. The Balaban J connectivity index is 1.95. The molecule has 2 nitrogen and oxygen atoms in total. The highest BCUT2D eigenvalue weighted by atomic mass is 35.5. The van der Waals surface area contributed by atoms with Crippen molar-refractivity contribution in [2.75, 3.05) is 0 Å². The lowest BCUT2D eigenvalue weighted by Crippen LogP contribution is -2.00. The predicted octanol–water partition coefficient (Wildman–Crippen LogP) is 4.89. The fourth-order valence-corrected chi connectivity index (χ4v) is 1.96. The number of esters is 1. The number of rotatable bonds is 4. The maximum Gasteiger partial charge on any atom is 0.331 e. The zero-order valence-electron chi connectivity index (χ0n) is 10.9. The van der Waals surface area contributed by atoms with Crippen LogP contribution in [-0.4, -0.2) is 5.97 Å². The lowest BCUT2D eigenvalue weighted by Gasteiger charge is -2.03. The Morgan fingerprint density at radius 1 is 1.14 bits per heavy atom. The van der Waals surface area contributed by atoms with E-state index < -0.39 is 11.8 Å². The molecule has 0 aliphatic heterocycles. The lowest BCUT2D eigenvalue weighted by molar-refractivity contribution is -0.138. The van der Waals surface area contributed by atoms with Crippen LogP contribution in [0.25, 0.3) is 6.08 Å². The molecule has 0 saturated carbocycles. The number of hydrogen-bond donors (Lipinski definition) is 0. The van der Waals surface area contributed by atoms with Crippen molar-refractivity contribution in [2.45, 2.75) is 6.61 Å². The van der Waals surface area contributed by atoms with E-state index >= 15 is 0 Å². The minimum atomic E-state index is -0.579. The highest BCUT2D eigenvalue weighted by Crippen LogP contribution is 2.20. The molecule has 2 aromatic rings. The van der Waals surface area contributed by atoms with Gasteiger partial charge in [-0.05, 0) is 35.9 Å². The smallest absolute Gasteiger partial charge is 0.331 e. The molecule has 2 rings (SSSR count). The third-order valence-electron chi connectivity index (χ3n) is 2.68. The number of benzene rings is 2. The molecule has 0 radical (unpaired) electrons. The Morgan fingerprint density at radius 2 is 1.86 bits per heavy atom. The Morgan fingerprint density at radius 3 is 2.52 bits per heavy atom. The van der Waals surface area contributed by atoms with Gasteiger partial charge < -0.3 is 4.74 Å². The van der Waals surface area contributed by atoms with Crippen LogP contribution in [0.1, 0.15) is 11.1 Å². The maximum atomic E-state index is 13.5. The van der Waals surface area contributed by atoms with E-state index in [0.29, 0.717) is 5.02 Å². The van der Waals surface area contributed by atoms with E-state index in [1.165, 1.54) is 18.2 Å². The van der Waals surface area contributed by atoms with Crippen LogP contribution in [0.3, 0.4) is 0 Å². The van der Waals surface area contributed by atoms with E-state index in [2.05, 4.69) is 0 Å². The minimum absolute atomic E-state index is 0.116. The monoisotopic (exact) mass is 324 g/mol. The summed E-state index contributed by atoms with van der Waals surface area (Å²) < 4.78 is 18.5. The van der Waals surface area contributed by atoms with Gasteiger partial charge in [-0.25, -0.2) is 9.18 Å². The Kier molecular flexibility index (Phi) is 5.37. The van der Waals surface area contributed by atoms with Gasteiger partial charge in [0.25, 0.3) is 0 Å². The van der Waals surface area contributed by atoms with Crippen LogP contribution in [0.2, 0.25) is 10.0 Å². The van der Waals surface area contributed by atoms with Crippen LogP contribution in [-0.2, 0) is 16.1 Å². The first kappa shape index (κ1) is 15.5. The van der Waals surface area contributed by atoms with Gasteiger partial charge in [-0.15, -0.1) is 0 Å². The fourth-order valence-electron chi connectivity index (χ4n) is 1.60. The summed E-state index contributed by atoms with van der Waals surface area (Å²) in [6.45, 7) is 0.116. The van der Waals surface area contributed by atoms with E-state index in [1.807, 2.05) is 0 Å². The first-order chi connectivity index (χ1) is 10.1. The third kappa shape index (κ3) is 4.59. The van der Waals surface area contributed by atoms with Crippen LogP contribution in [0.4, 0.5) is 4.39 Å². The summed E-state index contributed by atoms with van der Waals surface area (Å²) in [6.07, 6.45) is 2.43. The van der Waals surface area contributed by atoms with Crippen LogP contribution >= 0.6 is 23.2 Å². The standard InChI is InChI=1S/C16H11Cl2FO2/c17-12-6-4-11(5-7-12)10-21-16(20)9-8-13-14(18)2-1-3-15(13)19/h1-9H,10H2/b9-8+. The second kappa shape index (κ2) is 7.25. The van der Waals surface area contributed by atoms with Crippen molar-refractivity contribution >= 4 is 35.2 Å². The van der Waals surface area contributed by atoms with E-state index in [4.69, 9.17) is 27.9 Å². The molecule has 0 saturated heterocycles. The van der Waals surface area contributed by atoms with Crippen molar-refractivity contribution in [3.8, 4) is 0 Å². The molecule has 21 heavy (non-hydrogen) atoms. The van der Waals surface area contributed by atoms with Gasteiger partial charge in [-0.1, -0.05) is 41.4 Å². The zero-order valence-corrected chi connectivity index (χ0v) is 12.4. The molecule has 0 heterocycles. The SMILES string of the molecule is O=C(/C=C/c1c(F)cccc1Cl)OCc1ccc(Cl)cc1. The van der Waals surface area contributed by atoms with Crippen molar-refractivity contribution < 1.29 is 13.9 Å². The second-order valence-corrected chi connectivity index (χ2v) is 5.05. The van der Waals surface area contributed by atoms with Gasteiger partial charge in [0, 0.05) is 16.7 Å². The van der Waals surface area contributed by atoms with E-state index in [1.54, 1.807) is 30.3 Å². The maximum absolute atomic E-state index is 13.5. The largest absolute Gasteiger partial charge is 0.458 e. The van der Waals surface area contributed by atoms with Gasteiger partial charge in [0.15, 0.2) is 0 Å². The van der Waals surface area contributed by atoms with Gasteiger partial charge in [-0.2, -0.15) is 0 Å². The fraction of sp³-hybridized carbons (Fsp3) is 0.0625. The Hall–Kier alpha value is -1.84. The molecule has 0 unspecified atom stereocenters. The molecule has 0 amide bonds. The number of ether oxygens (including phenoxy) is 1. The molecule has 0 aromatic heterocycles. The first-order valence-corrected chi connectivity index (χ1v) is 6.85. The molecule has 0 bridgehead atoms. The predicted molar refractivity (Wildman–Crippen MR) is 81.7 cm³/mol. The molecule has 0 fully saturated rings. The van der Waals surface area contributed by atoms with E-state index in [0.717, 1.165) is 11.6 Å². The van der Waals surface area contributed by atoms with Gasteiger partial charge in [0.05, 0.1) is 5.02 Å². The van der Waals surface area contributed by atoms with Gasteiger partial charge in [0.1, 0.15) is 12.4 Å². The summed E-state index contributed by atoms with van der Waals surface area (Å²) in [5.74, 6) is -1.08. The normalized spacial score (nSPS) is 10.8. The van der Waals surface area contributed by atoms with Crippen molar-refractivity contribution in [1.82, 2.24) is 0 Å². The van der Waals surface area contributed by atoms with Crippen molar-refractivity contribution in [2.24, 2.45) is 0 Å². The third-order valence-corrected chi connectivity index (χ3v) is 3.26. The molecule has 108 valence electrons. The Bertz CT molecular complexity index is 646. The number of hydrogen-bond acceptors (Lipinski definition) is 2. The van der Waals surface area contributed by atoms with Crippen molar-refractivity contribution in [1.29, 1.82) is 0 Å². The highest BCUT2D eigenvalue weighted by molar-refractivity contribution is 6.32. The first-order valence-electron chi connectivity index (χ1n) is 6.09. The van der Waals surface area contributed by atoms with E-state index in [9.17, 15) is 9.18 Å². The van der Waals surface area contributed by atoms with Gasteiger partial charge >= 0.3 is 5.97 Å². The highest BCUT2D eigenvalue weighted by Gasteiger charge is 2.04. The molecule has 0 aliphatic carbocycles. The van der Waals surface area contributed by atoms with Crippen LogP contribution in [0.15, 0.2) is 48.5 Å². The average molecular weight is 325 g/mol. The topological polar surface area (TPSA) is 26.3 Å². The zero-order chi connectivity index (χ0) is 15.2. The molecule has 5 heteroatoms. The molecule has 0 aliphatic rings.